The molecule has 2 rings (SSSR count). The lowest BCUT2D eigenvalue weighted by atomic mass is 10.0. The van der Waals surface area contributed by atoms with Crippen LogP contribution in [0.15, 0.2) is 12.3 Å². The summed E-state index contributed by atoms with van der Waals surface area (Å²) in [6, 6.07) is 1.94. The molecule has 1 unspecified atom stereocenters. The van der Waals surface area contributed by atoms with Gasteiger partial charge in [-0.3, -0.25) is 0 Å². The molecule has 1 saturated heterocycles. The second kappa shape index (κ2) is 5.06. The lowest BCUT2D eigenvalue weighted by Gasteiger charge is -2.42. The van der Waals surface area contributed by atoms with Gasteiger partial charge in [0.15, 0.2) is 0 Å². The number of aromatic nitrogens is 1. The standard InChI is InChI=1S/C14H21N3OS/c1-9-5-6-16-13(11(9)12(15)19)17-7-10(2)18-14(3,4)8-17/h5-6,10H,7-8H2,1-4H3,(H2,15,19). The summed E-state index contributed by atoms with van der Waals surface area (Å²) in [6.07, 6.45) is 1.96. The zero-order valence-electron chi connectivity index (χ0n) is 11.9. The van der Waals surface area contributed by atoms with E-state index >= 15 is 0 Å². The van der Waals surface area contributed by atoms with E-state index in [1.165, 1.54) is 0 Å². The van der Waals surface area contributed by atoms with Crippen LogP contribution in [-0.4, -0.2) is 34.8 Å². The summed E-state index contributed by atoms with van der Waals surface area (Å²) in [4.78, 5) is 7.11. The summed E-state index contributed by atoms with van der Waals surface area (Å²) in [6.45, 7) is 9.84. The monoisotopic (exact) mass is 279 g/mol. The lowest BCUT2D eigenvalue weighted by molar-refractivity contribution is -0.0751. The molecule has 1 aliphatic rings. The first-order valence-electron chi connectivity index (χ1n) is 6.48. The molecule has 19 heavy (non-hydrogen) atoms. The van der Waals surface area contributed by atoms with Gasteiger partial charge in [-0.15, -0.1) is 0 Å². The molecule has 2 N–H and O–H groups in total. The third-order valence-corrected chi connectivity index (χ3v) is 3.46. The Labute approximate surface area is 120 Å². The molecule has 2 heterocycles. The molecule has 0 amide bonds. The van der Waals surface area contributed by atoms with E-state index in [9.17, 15) is 0 Å². The van der Waals surface area contributed by atoms with Crippen molar-refractivity contribution >= 4 is 23.0 Å². The van der Waals surface area contributed by atoms with Crippen LogP contribution in [0.25, 0.3) is 0 Å². The molecule has 0 aromatic carbocycles. The van der Waals surface area contributed by atoms with Crippen LogP contribution in [0.3, 0.4) is 0 Å². The number of nitrogens with two attached hydrogens (primary N) is 1. The predicted molar refractivity (Wildman–Crippen MR) is 81.7 cm³/mol. The Morgan fingerprint density at radius 1 is 1.58 bits per heavy atom. The molecule has 1 fully saturated rings. The minimum absolute atomic E-state index is 0.158. The number of rotatable bonds is 2. The number of pyridine rings is 1. The number of anilines is 1. The van der Waals surface area contributed by atoms with Gasteiger partial charge in [0.05, 0.1) is 17.3 Å². The van der Waals surface area contributed by atoms with Gasteiger partial charge in [0.1, 0.15) is 10.8 Å². The first-order valence-corrected chi connectivity index (χ1v) is 6.89. The molecular formula is C14H21N3OS. The van der Waals surface area contributed by atoms with Gasteiger partial charge in [-0.1, -0.05) is 12.2 Å². The van der Waals surface area contributed by atoms with Crippen molar-refractivity contribution in [2.45, 2.75) is 39.4 Å². The fourth-order valence-electron chi connectivity index (χ4n) is 2.70. The van der Waals surface area contributed by atoms with Crippen LogP contribution in [0, 0.1) is 6.92 Å². The van der Waals surface area contributed by atoms with Crippen LogP contribution in [0.1, 0.15) is 31.9 Å². The van der Waals surface area contributed by atoms with E-state index in [0.29, 0.717) is 4.99 Å². The maximum atomic E-state index is 5.92. The molecule has 1 aromatic rings. The number of hydrogen-bond donors (Lipinski definition) is 1. The smallest absolute Gasteiger partial charge is 0.139 e. The number of nitrogens with zero attached hydrogens (tertiary/aromatic N) is 2. The lowest BCUT2D eigenvalue weighted by Crippen LogP contribution is -2.52. The van der Waals surface area contributed by atoms with Gasteiger partial charge in [0.25, 0.3) is 0 Å². The summed E-state index contributed by atoms with van der Waals surface area (Å²) in [5.74, 6) is 0.871. The average molecular weight is 279 g/mol. The molecule has 5 heteroatoms. The van der Waals surface area contributed by atoms with Crippen LogP contribution in [0.5, 0.6) is 0 Å². The van der Waals surface area contributed by atoms with Gasteiger partial charge in [0, 0.05) is 19.3 Å². The maximum absolute atomic E-state index is 5.92. The Morgan fingerprint density at radius 2 is 2.26 bits per heavy atom. The fraction of sp³-hybridized carbons (Fsp3) is 0.571. The van der Waals surface area contributed by atoms with Crippen LogP contribution in [0.4, 0.5) is 5.82 Å². The number of thiocarbonyl (C=S) groups is 1. The van der Waals surface area contributed by atoms with Crippen molar-refractivity contribution in [2.75, 3.05) is 18.0 Å². The van der Waals surface area contributed by atoms with Gasteiger partial charge in [-0.25, -0.2) is 4.98 Å². The van der Waals surface area contributed by atoms with Crippen molar-refractivity contribution in [3.05, 3.63) is 23.4 Å². The van der Waals surface area contributed by atoms with Crippen LogP contribution in [-0.2, 0) is 4.74 Å². The highest BCUT2D eigenvalue weighted by Crippen LogP contribution is 2.28. The highest BCUT2D eigenvalue weighted by atomic mass is 32.1. The van der Waals surface area contributed by atoms with E-state index in [-0.39, 0.29) is 11.7 Å². The van der Waals surface area contributed by atoms with E-state index in [0.717, 1.165) is 30.0 Å². The van der Waals surface area contributed by atoms with Crippen LogP contribution < -0.4 is 10.6 Å². The summed E-state index contributed by atoms with van der Waals surface area (Å²) < 4.78 is 5.92. The number of aryl methyl sites for hydroxylation is 1. The van der Waals surface area contributed by atoms with Gasteiger partial charge in [-0.2, -0.15) is 0 Å². The first-order chi connectivity index (χ1) is 8.80. The van der Waals surface area contributed by atoms with Gasteiger partial charge in [-0.05, 0) is 39.3 Å². The van der Waals surface area contributed by atoms with Crippen molar-refractivity contribution < 1.29 is 4.74 Å². The predicted octanol–water partition coefficient (Wildman–Crippen LogP) is 2.03. The number of hydrogen-bond acceptors (Lipinski definition) is 4. The molecule has 0 spiro atoms. The molecule has 0 bridgehead atoms. The number of ether oxygens (including phenoxy) is 1. The molecule has 0 radical (unpaired) electrons. The molecule has 1 atom stereocenters. The summed E-state index contributed by atoms with van der Waals surface area (Å²) >= 11 is 5.17. The van der Waals surface area contributed by atoms with Gasteiger partial charge >= 0.3 is 0 Å². The van der Waals surface area contributed by atoms with E-state index in [2.05, 4.69) is 30.7 Å². The number of morpholine rings is 1. The summed E-state index contributed by atoms with van der Waals surface area (Å²) in [7, 11) is 0. The molecule has 0 saturated carbocycles. The maximum Gasteiger partial charge on any atom is 0.139 e. The highest BCUT2D eigenvalue weighted by Gasteiger charge is 2.33. The molecule has 0 aliphatic carbocycles. The van der Waals surface area contributed by atoms with E-state index in [4.69, 9.17) is 22.7 Å². The molecule has 4 nitrogen and oxygen atoms in total. The normalized spacial score (nSPS) is 22.3. The van der Waals surface area contributed by atoms with Crippen LogP contribution in [0.2, 0.25) is 0 Å². The minimum Gasteiger partial charge on any atom is -0.389 e. The quantitative estimate of drug-likeness (QED) is 0.840. The van der Waals surface area contributed by atoms with Gasteiger partial charge in [0.2, 0.25) is 0 Å². The Kier molecular flexibility index (Phi) is 3.78. The fourth-order valence-corrected chi connectivity index (χ4v) is 2.96. The first kappa shape index (κ1) is 14.2. The Hall–Kier alpha value is -1.20. The van der Waals surface area contributed by atoms with E-state index in [1.54, 1.807) is 6.20 Å². The van der Waals surface area contributed by atoms with Crippen molar-refractivity contribution in [1.82, 2.24) is 4.98 Å². The molecule has 1 aliphatic heterocycles. The molecular weight excluding hydrogens is 258 g/mol. The topological polar surface area (TPSA) is 51.4 Å². The van der Waals surface area contributed by atoms with Gasteiger partial charge < -0.3 is 15.4 Å². The summed E-state index contributed by atoms with van der Waals surface area (Å²) in [5, 5.41) is 0. The van der Waals surface area contributed by atoms with Crippen LogP contribution >= 0.6 is 12.2 Å². The SMILES string of the molecule is Cc1ccnc(N2CC(C)OC(C)(C)C2)c1C(N)=S. The largest absolute Gasteiger partial charge is 0.389 e. The van der Waals surface area contributed by atoms with Crippen molar-refractivity contribution in [2.24, 2.45) is 5.73 Å². The van der Waals surface area contributed by atoms with E-state index in [1.807, 2.05) is 13.0 Å². The zero-order chi connectivity index (χ0) is 14.2. The zero-order valence-corrected chi connectivity index (χ0v) is 12.8. The Bertz CT molecular complexity index is 501. The Balaban J connectivity index is 2.41. The molecule has 104 valence electrons. The second-order valence-corrected chi connectivity index (χ2v) is 6.20. The third kappa shape index (κ3) is 3.04. The molecule has 1 aromatic heterocycles. The third-order valence-electron chi connectivity index (χ3n) is 3.25. The summed E-state index contributed by atoms with van der Waals surface area (Å²) in [5.41, 5.74) is 7.60. The van der Waals surface area contributed by atoms with Crippen molar-refractivity contribution in [3.8, 4) is 0 Å². The Morgan fingerprint density at radius 3 is 2.84 bits per heavy atom. The highest BCUT2D eigenvalue weighted by molar-refractivity contribution is 7.80. The second-order valence-electron chi connectivity index (χ2n) is 5.76. The average Bonchev–Trinajstić information content (AvgIpc) is 2.25. The van der Waals surface area contributed by atoms with E-state index < -0.39 is 0 Å². The minimum atomic E-state index is -0.198. The van der Waals surface area contributed by atoms with Crippen molar-refractivity contribution in [1.29, 1.82) is 0 Å². The van der Waals surface area contributed by atoms with Crippen molar-refractivity contribution in [3.63, 3.8) is 0 Å².